The van der Waals surface area contributed by atoms with Crippen LogP contribution in [0.2, 0.25) is 0 Å². The largest absolute Gasteiger partial charge is 0.478 e. The summed E-state index contributed by atoms with van der Waals surface area (Å²) < 4.78 is 5.53. The van der Waals surface area contributed by atoms with Crippen LogP contribution in [0, 0.1) is 25.2 Å². The average Bonchev–Trinajstić information content (AvgIpc) is 2.79. The van der Waals surface area contributed by atoms with Crippen molar-refractivity contribution in [3.8, 4) is 6.07 Å². The van der Waals surface area contributed by atoms with Crippen LogP contribution in [-0.2, 0) is 4.74 Å². The van der Waals surface area contributed by atoms with Gasteiger partial charge < -0.3 is 15.2 Å². The molecule has 32 heavy (non-hydrogen) atoms. The van der Waals surface area contributed by atoms with Crippen molar-refractivity contribution in [2.45, 2.75) is 45.6 Å². The molecule has 0 aliphatic carbocycles. The molecule has 164 valence electrons. The topological polar surface area (TPSA) is 95.2 Å². The number of ether oxygens (including phenoxy) is 1. The summed E-state index contributed by atoms with van der Waals surface area (Å²) in [6, 6.07) is 13.2. The van der Waals surface area contributed by atoms with E-state index in [0.717, 1.165) is 46.1 Å². The maximum atomic E-state index is 11.6. The number of aryl methyl sites for hydroxylation is 1. The summed E-state index contributed by atoms with van der Waals surface area (Å²) in [6.07, 6.45) is 1.79. The lowest BCUT2D eigenvalue weighted by molar-refractivity contribution is 0.0698. The molecule has 3 aromatic rings. The molecule has 6 nitrogen and oxygen atoms in total. The van der Waals surface area contributed by atoms with Crippen LogP contribution in [0.15, 0.2) is 36.4 Å². The number of nitrogens with one attached hydrogen (secondary N) is 1. The predicted molar refractivity (Wildman–Crippen MR) is 124 cm³/mol. The van der Waals surface area contributed by atoms with E-state index in [2.05, 4.69) is 17.5 Å². The quantitative estimate of drug-likeness (QED) is 0.557. The molecule has 0 spiro atoms. The molecule has 0 radical (unpaired) electrons. The molecule has 2 N–H and O–H groups in total. The third-order valence-corrected chi connectivity index (χ3v) is 6.26. The standard InChI is InChI=1S/C26H27N3O3/c1-15-12-20(17(3)28-23-7-5-4-6-19(23)26(30)31)25-21(13-15)22(14-27)16(2)24(29-25)18-8-10-32-11-9-18/h4-7,12-13,17-18,28H,8-11H2,1-3H3,(H,30,31)/t17-/m0/s1. The smallest absolute Gasteiger partial charge is 0.337 e. The number of para-hydroxylation sites is 1. The number of aromatic nitrogens is 1. The molecular weight excluding hydrogens is 402 g/mol. The highest BCUT2D eigenvalue weighted by Gasteiger charge is 2.24. The summed E-state index contributed by atoms with van der Waals surface area (Å²) in [7, 11) is 0. The molecule has 1 aliphatic heterocycles. The summed E-state index contributed by atoms with van der Waals surface area (Å²) >= 11 is 0. The van der Waals surface area contributed by atoms with Gasteiger partial charge in [-0.15, -0.1) is 0 Å². The van der Waals surface area contributed by atoms with Crippen LogP contribution in [0.1, 0.15) is 70.0 Å². The van der Waals surface area contributed by atoms with Gasteiger partial charge in [-0.2, -0.15) is 5.26 Å². The Morgan fingerprint density at radius 2 is 1.97 bits per heavy atom. The summed E-state index contributed by atoms with van der Waals surface area (Å²) in [6.45, 7) is 7.40. The first-order chi connectivity index (χ1) is 15.4. The fourth-order valence-electron chi connectivity index (χ4n) is 4.61. The van der Waals surface area contributed by atoms with Gasteiger partial charge in [-0.3, -0.25) is 4.98 Å². The number of rotatable bonds is 5. The molecule has 1 fully saturated rings. The van der Waals surface area contributed by atoms with Crippen LogP contribution >= 0.6 is 0 Å². The molecule has 1 atom stereocenters. The van der Waals surface area contributed by atoms with E-state index in [4.69, 9.17) is 9.72 Å². The normalized spacial score (nSPS) is 15.3. The molecule has 4 rings (SSSR count). The zero-order valence-electron chi connectivity index (χ0n) is 18.6. The maximum absolute atomic E-state index is 11.6. The van der Waals surface area contributed by atoms with Crippen LogP contribution in [0.5, 0.6) is 0 Å². The monoisotopic (exact) mass is 429 g/mol. The number of hydrogen-bond acceptors (Lipinski definition) is 5. The maximum Gasteiger partial charge on any atom is 0.337 e. The van der Waals surface area contributed by atoms with Crippen molar-refractivity contribution in [1.29, 1.82) is 5.26 Å². The Bertz CT molecular complexity index is 1220. The highest BCUT2D eigenvalue weighted by Crippen LogP contribution is 2.36. The van der Waals surface area contributed by atoms with E-state index in [1.807, 2.05) is 32.9 Å². The predicted octanol–water partition coefficient (Wildman–Crippen LogP) is 5.49. The number of aromatic carboxylic acids is 1. The fourth-order valence-corrected chi connectivity index (χ4v) is 4.61. The molecule has 2 aromatic carbocycles. The number of carboxylic acids is 1. The molecule has 0 bridgehead atoms. The van der Waals surface area contributed by atoms with Gasteiger partial charge in [-0.1, -0.05) is 18.2 Å². The van der Waals surface area contributed by atoms with Gasteiger partial charge in [0.15, 0.2) is 0 Å². The van der Waals surface area contributed by atoms with E-state index >= 15 is 0 Å². The van der Waals surface area contributed by atoms with Crippen LogP contribution in [0.25, 0.3) is 10.9 Å². The zero-order valence-corrected chi connectivity index (χ0v) is 18.6. The lowest BCUT2D eigenvalue weighted by Crippen LogP contribution is -2.17. The van der Waals surface area contributed by atoms with Gasteiger partial charge in [0, 0.05) is 41.5 Å². The zero-order chi connectivity index (χ0) is 22.8. The average molecular weight is 430 g/mol. The molecule has 1 aromatic heterocycles. The van der Waals surface area contributed by atoms with E-state index in [1.165, 1.54) is 0 Å². The third-order valence-electron chi connectivity index (χ3n) is 6.26. The minimum Gasteiger partial charge on any atom is -0.478 e. The van der Waals surface area contributed by atoms with E-state index in [0.29, 0.717) is 24.5 Å². The summed E-state index contributed by atoms with van der Waals surface area (Å²) in [4.78, 5) is 16.8. The van der Waals surface area contributed by atoms with E-state index in [-0.39, 0.29) is 17.5 Å². The van der Waals surface area contributed by atoms with Gasteiger partial charge in [0.25, 0.3) is 0 Å². The second-order valence-corrected chi connectivity index (χ2v) is 8.46. The number of benzene rings is 2. The first-order valence-corrected chi connectivity index (χ1v) is 10.9. The fraction of sp³-hybridized carbons (Fsp3) is 0.346. The Morgan fingerprint density at radius 3 is 2.66 bits per heavy atom. The lowest BCUT2D eigenvalue weighted by Gasteiger charge is -2.25. The van der Waals surface area contributed by atoms with Crippen LogP contribution in [-0.4, -0.2) is 29.3 Å². The van der Waals surface area contributed by atoms with E-state index in [1.54, 1.807) is 18.2 Å². The molecule has 1 aliphatic rings. The van der Waals surface area contributed by atoms with Crippen molar-refractivity contribution in [2.75, 3.05) is 18.5 Å². The highest BCUT2D eigenvalue weighted by molar-refractivity contribution is 5.94. The third kappa shape index (κ3) is 4.04. The minimum absolute atomic E-state index is 0.206. The highest BCUT2D eigenvalue weighted by atomic mass is 16.5. The molecule has 6 heteroatoms. The van der Waals surface area contributed by atoms with Gasteiger partial charge in [-0.25, -0.2) is 4.79 Å². The molecule has 1 saturated heterocycles. The number of nitriles is 1. The van der Waals surface area contributed by atoms with Crippen molar-refractivity contribution in [3.05, 3.63) is 69.9 Å². The summed E-state index contributed by atoms with van der Waals surface area (Å²) in [5.41, 5.74) is 6.14. The van der Waals surface area contributed by atoms with Crippen molar-refractivity contribution >= 4 is 22.6 Å². The first kappa shape index (κ1) is 21.8. The first-order valence-electron chi connectivity index (χ1n) is 10.9. The van der Waals surface area contributed by atoms with Gasteiger partial charge in [0.05, 0.1) is 22.7 Å². The van der Waals surface area contributed by atoms with Crippen LogP contribution in [0.3, 0.4) is 0 Å². The Balaban J connectivity index is 1.86. The summed E-state index contributed by atoms with van der Waals surface area (Å²) in [5, 5.41) is 23.8. The second kappa shape index (κ2) is 8.97. The number of hydrogen-bond donors (Lipinski definition) is 2. The number of carboxylic acid groups (broad SMARTS) is 1. The Kier molecular flexibility index (Phi) is 6.11. The number of carbonyl (C=O) groups is 1. The van der Waals surface area contributed by atoms with Crippen molar-refractivity contribution in [3.63, 3.8) is 0 Å². The molecule has 0 amide bonds. The van der Waals surface area contributed by atoms with E-state index < -0.39 is 5.97 Å². The van der Waals surface area contributed by atoms with Crippen LogP contribution < -0.4 is 5.32 Å². The Hall–Kier alpha value is -3.43. The number of nitrogens with zero attached hydrogens (tertiary/aromatic N) is 2. The molecule has 0 unspecified atom stereocenters. The number of anilines is 1. The van der Waals surface area contributed by atoms with E-state index in [9.17, 15) is 15.2 Å². The molecular formula is C26H27N3O3. The van der Waals surface area contributed by atoms with Gasteiger partial charge >= 0.3 is 5.97 Å². The van der Waals surface area contributed by atoms with Crippen molar-refractivity contribution in [2.24, 2.45) is 0 Å². The SMILES string of the molecule is Cc1cc([C@H](C)Nc2ccccc2C(=O)O)c2nc(C3CCOCC3)c(C)c(C#N)c2c1. The van der Waals surface area contributed by atoms with Gasteiger partial charge in [-0.05, 0) is 62.9 Å². The second-order valence-electron chi connectivity index (χ2n) is 8.46. The Labute approximate surface area is 187 Å². The van der Waals surface area contributed by atoms with Crippen molar-refractivity contribution in [1.82, 2.24) is 4.98 Å². The lowest BCUT2D eigenvalue weighted by atomic mass is 9.88. The van der Waals surface area contributed by atoms with Gasteiger partial charge in [0.1, 0.15) is 6.07 Å². The molecule has 2 heterocycles. The van der Waals surface area contributed by atoms with Crippen LogP contribution in [0.4, 0.5) is 5.69 Å². The molecule has 0 saturated carbocycles. The van der Waals surface area contributed by atoms with Crippen molar-refractivity contribution < 1.29 is 14.6 Å². The Morgan fingerprint density at radius 1 is 1.25 bits per heavy atom. The number of fused-ring (bicyclic) bond motifs is 1. The number of pyridine rings is 1. The summed E-state index contributed by atoms with van der Waals surface area (Å²) in [5.74, 6) is -0.706. The minimum atomic E-state index is -0.975. The van der Waals surface area contributed by atoms with Gasteiger partial charge in [0.2, 0.25) is 0 Å².